The molecule has 18 heavy (non-hydrogen) atoms. The number of nitriles is 1. The SMILES string of the molecule is CC(C)(C)OC(=O)N1CC(CC#N)C[C@H]1C(=O)O. The number of amides is 1. The quantitative estimate of drug-likeness (QED) is 0.808. The van der Waals surface area contributed by atoms with Crippen LogP contribution in [-0.2, 0) is 9.53 Å². The zero-order valence-corrected chi connectivity index (χ0v) is 10.8. The second-order valence-corrected chi connectivity index (χ2v) is 5.45. The van der Waals surface area contributed by atoms with E-state index < -0.39 is 23.7 Å². The molecule has 2 atom stereocenters. The van der Waals surface area contributed by atoms with E-state index in [0.717, 1.165) is 0 Å². The van der Waals surface area contributed by atoms with Gasteiger partial charge in [0, 0.05) is 13.0 Å². The van der Waals surface area contributed by atoms with Crippen molar-refractivity contribution in [2.75, 3.05) is 6.54 Å². The number of aliphatic carboxylic acids is 1. The van der Waals surface area contributed by atoms with Gasteiger partial charge in [-0.2, -0.15) is 5.26 Å². The summed E-state index contributed by atoms with van der Waals surface area (Å²) in [5.41, 5.74) is -0.659. The molecule has 1 amide bonds. The van der Waals surface area contributed by atoms with Gasteiger partial charge in [-0.1, -0.05) is 0 Å². The normalized spacial score (nSPS) is 23.6. The van der Waals surface area contributed by atoms with Crippen LogP contribution >= 0.6 is 0 Å². The van der Waals surface area contributed by atoms with Crippen LogP contribution in [0.2, 0.25) is 0 Å². The summed E-state index contributed by atoms with van der Waals surface area (Å²) in [5.74, 6) is -1.15. The van der Waals surface area contributed by atoms with E-state index in [1.165, 1.54) is 4.90 Å². The lowest BCUT2D eigenvalue weighted by atomic mass is 10.0. The Hall–Kier alpha value is -1.77. The van der Waals surface area contributed by atoms with E-state index in [4.69, 9.17) is 15.1 Å². The van der Waals surface area contributed by atoms with Crippen LogP contribution in [0.15, 0.2) is 0 Å². The molecule has 0 saturated carbocycles. The summed E-state index contributed by atoms with van der Waals surface area (Å²) in [7, 11) is 0. The molecule has 1 rings (SSSR count). The van der Waals surface area contributed by atoms with E-state index >= 15 is 0 Å². The van der Waals surface area contributed by atoms with Gasteiger partial charge in [0.15, 0.2) is 0 Å². The van der Waals surface area contributed by atoms with Gasteiger partial charge in [0.25, 0.3) is 0 Å². The fourth-order valence-corrected chi connectivity index (χ4v) is 1.96. The van der Waals surface area contributed by atoms with Gasteiger partial charge in [-0.25, -0.2) is 9.59 Å². The zero-order chi connectivity index (χ0) is 13.9. The molecule has 0 aliphatic carbocycles. The lowest BCUT2D eigenvalue weighted by Gasteiger charge is -2.26. The Morgan fingerprint density at radius 3 is 2.56 bits per heavy atom. The van der Waals surface area contributed by atoms with Crippen molar-refractivity contribution in [3.63, 3.8) is 0 Å². The average molecular weight is 254 g/mol. The van der Waals surface area contributed by atoms with Gasteiger partial charge in [0.1, 0.15) is 11.6 Å². The molecule has 1 fully saturated rings. The molecule has 6 nitrogen and oxygen atoms in total. The minimum atomic E-state index is -1.05. The summed E-state index contributed by atoms with van der Waals surface area (Å²) in [6.45, 7) is 5.44. The fourth-order valence-electron chi connectivity index (χ4n) is 1.96. The minimum absolute atomic E-state index is 0.0939. The Morgan fingerprint density at radius 1 is 1.50 bits per heavy atom. The topological polar surface area (TPSA) is 90.6 Å². The first-order chi connectivity index (χ1) is 8.24. The Balaban J connectivity index is 2.76. The lowest BCUT2D eigenvalue weighted by molar-refractivity contribution is -0.142. The third kappa shape index (κ3) is 3.62. The maximum Gasteiger partial charge on any atom is 0.411 e. The first kappa shape index (κ1) is 14.3. The second kappa shape index (κ2) is 5.25. The van der Waals surface area contributed by atoms with Gasteiger partial charge in [-0.3, -0.25) is 4.90 Å². The Morgan fingerprint density at radius 2 is 2.11 bits per heavy atom. The highest BCUT2D eigenvalue weighted by Gasteiger charge is 2.41. The average Bonchev–Trinajstić information content (AvgIpc) is 2.59. The van der Waals surface area contributed by atoms with Crippen molar-refractivity contribution >= 4 is 12.1 Å². The Kier molecular flexibility index (Phi) is 4.17. The standard InChI is InChI=1S/C12H18N2O4/c1-12(2,3)18-11(17)14-7-8(4-5-13)6-9(14)10(15)16/h8-9H,4,6-7H2,1-3H3,(H,15,16)/t8?,9-/m0/s1. The van der Waals surface area contributed by atoms with Gasteiger partial charge < -0.3 is 9.84 Å². The first-order valence-corrected chi connectivity index (χ1v) is 5.84. The molecule has 0 spiro atoms. The van der Waals surface area contributed by atoms with Crippen molar-refractivity contribution in [1.82, 2.24) is 4.90 Å². The van der Waals surface area contributed by atoms with E-state index in [9.17, 15) is 9.59 Å². The Labute approximate surface area is 106 Å². The van der Waals surface area contributed by atoms with Crippen LogP contribution in [0.4, 0.5) is 4.79 Å². The highest BCUT2D eigenvalue weighted by molar-refractivity contribution is 5.81. The summed E-state index contributed by atoms with van der Waals surface area (Å²) in [6, 6.07) is 1.11. The molecule has 0 aromatic carbocycles. The molecule has 0 aromatic rings. The van der Waals surface area contributed by atoms with Crippen molar-refractivity contribution in [1.29, 1.82) is 5.26 Å². The molecule has 1 heterocycles. The highest BCUT2D eigenvalue weighted by atomic mass is 16.6. The number of hydrogen-bond acceptors (Lipinski definition) is 4. The third-order valence-corrected chi connectivity index (χ3v) is 2.68. The number of nitrogens with zero attached hydrogens (tertiary/aromatic N) is 2. The predicted molar refractivity (Wildman–Crippen MR) is 62.7 cm³/mol. The number of ether oxygens (including phenoxy) is 1. The molecule has 0 aromatic heterocycles. The third-order valence-electron chi connectivity index (χ3n) is 2.68. The number of likely N-dealkylation sites (tertiary alicyclic amines) is 1. The van der Waals surface area contributed by atoms with Gasteiger partial charge in [0.2, 0.25) is 0 Å². The molecule has 1 saturated heterocycles. The Bertz CT molecular complexity index is 381. The summed E-state index contributed by atoms with van der Waals surface area (Å²) in [6.07, 6.45) is -0.0686. The van der Waals surface area contributed by atoms with Crippen LogP contribution in [0.3, 0.4) is 0 Å². The fraction of sp³-hybridized carbons (Fsp3) is 0.750. The van der Waals surface area contributed by atoms with Crippen molar-refractivity contribution in [2.24, 2.45) is 5.92 Å². The monoisotopic (exact) mass is 254 g/mol. The number of hydrogen-bond donors (Lipinski definition) is 1. The van der Waals surface area contributed by atoms with Gasteiger partial charge in [-0.15, -0.1) is 0 Å². The minimum Gasteiger partial charge on any atom is -0.480 e. The van der Waals surface area contributed by atoms with Crippen molar-refractivity contribution in [2.45, 2.75) is 45.3 Å². The molecule has 1 unspecified atom stereocenters. The van der Waals surface area contributed by atoms with Gasteiger partial charge in [0.05, 0.1) is 6.07 Å². The van der Waals surface area contributed by atoms with Crippen LogP contribution in [0, 0.1) is 17.2 Å². The maximum absolute atomic E-state index is 11.9. The zero-order valence-electron chi connectivity index (χ0n) is 10.8. The molecule has 1 N–H and O–H groups in total. The maximum atomic E-state index is 11.9. The van der Waals surface area contributed by atoms with Crippen molar-refractivity contribution in [3.8, 4) is 6.07 Å². The molecule has 1 aliphatic rings. The molecular formula is C12H18N2O4. The molecule has 0 bridgehead atoms. The van der Waals surface area contributed by atoms with Crippen LogP contribution < -0.4 is 0 Å². The number of carboxylic acid groups (broad SMARTS) is 1. The molecule has 0 radical (unpaired) electrons. The molecular weight excluding hydrogens is 236 g/mol. The predicted octanol–water partition coefficient (Wildman–Crippen LogP) is 1.61. The first-order valence-electron chi connectivity index (χ1n) is 5.84. The van der Waals surface area contributed by atoms with E-state index in [1.54, 1.807) is 20.8 Å². The van der Waals surface area contributed by atoms with Crippen molar-refractivity contribution in [3.05, 3.63) is 0 Å². The van der Waals surface area contributed by atoms with Crippen LogP contribution in [0.1, 0.15) is 33.6 Å². The number of carbonyl (C=O) groups is 2. The van der Waals surface area contributed by atoms with Gasteiger partial charge in [-0.05, 0) is 33.1 Å². The highest BCUT2D eigenvalue weighted by Crippen LogP contribution is 2.27. The molecule has 6 heteroatoms. The van der Waals surface area contributed by atoms with E-state index in [1.807, 2.05) is 6.07 Å². The van der Waals surface area contributed by atoms with Crippen LogP contribution in [-0.4, -0.2) is 40.3 Å². The molecule has 1 aliphatic heterocycles. The van der Waals surface area contributed by atoms with E-state index in [2.05, 4.69) is 0 Å². The largest absolute Gasteiger partial charge is 0.480 e. The molecule has 100 valence electrons. The summed E-state index contributed by atoms with van der Waals surface area (Å²) in [5, 5.41) is 17.7. The smallest absolute Gasteiger partial charge is 0.411 e. The van der Waals surface area contributed by atoms with Crippen LogP contribution in [0.5, 0.6) is 0 Å². The number of rotatable bonds is 2. The summed E-state index contributed by atoms with van der Waals surface area (Å²) < 4.78 is 5.17. The van der Waals surface area contributed by atoms with E-state index in [0.29, 0.717) is 6.42 Å². The van der Waals surface area contributed by atoms with Crippen LogP contribution in [0.25, 0.3) is 0 Å². The summed E-state index contributed by atoms with van der Waals surface area (Å²) >= 11 is 0. The number of carboxylic acids is 1. The summed E-state index contributed by atoms with van der Waals surface area (Å²) in [4.78, 5) is 24.2. The second-order valence-electron chi connectivity index (χ2n) is 5.45. The lowest BCUT2D eigenvalue weighted by Crippen LogP contribution is -2.43. The van der Waals surface area contributed by atoms with Gasteiger partial charge >= 0.3 is 12.1 Å². The number of carbonyl (C=O) groups excluding carboxylic acids is 1. The van der Waals surface area contributed by atoms with Crippen molar-refractivity contribution < 1.29 is 19.4 Å². The van der Waals surface area contributed by atoms with E-state index in [-0.39, 0.29) is 18.9 Å².